The molecule has 0 fully saturated rings. The summed E-state index contributed by atoms with van der Waals surface area (Å²) in [7, 11) is 0. The van der Waals surface area contributed by atoms with Crippen molar-refractivity contribution in [3.63, 3.8) is 0 Å². The summed E-state index contributed by atoms with van der Waals surface area (Å²) in [6, 6.07) is 0.229. The van der Waals surface area contributed by atoms with E-state index in [1.54, 1.807) is 0 Å². The number of aliphatic carboxylic acids is 1. The molecule has 12 heteroatoms. The topological polar surface area (TPSA) is 105 Å². The zero-order valence-corrected chi connectivity index (χ0v) is 11.2. The maximum absolute atomic E-state index is 13.2. The Balaban J connectivity index is 3.08. The molecule has 0 aromatic carbocycles. The molecular weight excluding hydrogens is 333 g/mol. The van der Waals surface area contributed by atoms with Gasteiger partial charge in [-0.05, 0) is 12.5 Å². The van der Waals surface area contributed by atoms with Crippen molar-refractivity contribution in [3.8, 4) is 0 Å². The van der Waals surface area contributed by atoms with E-state index in [1.807, 2.05) is 0 Å². The number of anilines is 1. The van der Waals surface area contributed by atoms with Crippen LogP contribution < -0.4 is 5.32 Å². The van der Waals surface area contributed by atoms with Gasteiger partial charge in [0.1, 0.15) is 17.6 Å². The molecule has 0 aliphatic rings. The van der Waals surface area contributed by atoms with Gasteiger partial charge in [0, 0.05) is 13.0 Å². The maximum atomic E-state index is 13.2. The van der Waals surface area contributed by atoms with E-state index in [0.717, 1.165) is 0 Å². The lowest BCUT2D eigenvalue weighted by molar-refractivity contribution is -0.384. The largest absolute Gasteiger partial charge is 0.481 e. The van der Waals surface area contributed by atoms with E-state index in [0.29, 0.717) is 0 Å². The number of nitro groups is 1. The van der Waals surface area contributed by atoms with E-state index in [1.165, 1.54) is 0 Å². The van der Waals surface area contributed by atoms with Gasteiger partial charge in [-0.2, -0.15) is 22.0 Å². The average Bonchev–Trinajstić information content (AvgIpc) is 2.41. The van der Waals surface area contributed by atoms with Crippen LogP contribution in [0.1, 0.15) is 18.5 Å². The predicted octanol–water partition coefficient (Wildman–Crippen LogP) is 2.92. The zero-order chi connectivity index (χ0) is 17.8. The second kappa shape index (κ2) is 6.71. The molecule has 128 valence electrons. The summed E-state index contributed by atoms with van der Waals surface area (Å²) in [6.07, 6.45) is -5.94. The smallest absolute Gasteiger partial charge is 0.459 e. The van der Waals surface area contributed by atoms with Gasteiger partial charge in [-0.3, -0.25) is 14.9 Å². The van der Waals surface area contributed by atoms with Gasteiger partial charge < -0.3 is 10.4 Å². The number of carboxylic acids is 1. The Morgan fingerprint density at radius 2 is 1.96 bits per heavy atom. The van der Waals surface area contributed by atoms with Crippen LogP contribution in [-0.4, -0.2) is 33.7 Å². The third kappa shape index (κ3) is 4.47. The monoisotopic (exact) mass is 343 g/mol. The van der Waals surface area contributed by atoms with Crippen molar-refractivity contribution in [1.29, 1.82) is 0 Å². The van der Waals surface area contributed by atoms with Gasteiger partial charge in [-0.15, -0.1) is 0 Å². The van der Waals surface area contributed by atoms with Crippen molar-refractivity contribution >= 4 is 17.3 Å². The molecule has 0 aliphatic carbocycles. The summed E-state index contributed by atoms with van der Waals surface area (Å²) in [5, 5.41) is 21.4. The van der Waals surface area contributed by atoms with Crippen molar-refractivity contribution in [2.75, 3.05) is 11.9 Å². The molecule has 0 atom stereocenters. The number of halogens is 5. The minimum atomic E-state index is -5.91. The fraction of sp³-hybridized carbons (Fsp3) is 0.455. The highest BCUT2D eigenvalue weighted by atomic mass is 19.4. The third-order valence-corrected chi connectivity index (χ3v) is 2.64. The Bertz CT molecular complexity index is 606. The second-order valence-electron chi connectivity index (χ2n) is 4.34. The quantitative estimate of drug-likeness (QED) is 0.341. The Labute approximate surface area is 125 Å². The first-order chi connectivity index (χ1) is 10.5. The predicted molar refractivity (Wildman–Crippen MR) is 66.2 cm³/mol. The lowest BCUT2D eigenvalue weighted by Crippen LogP contribution is -2.34. The maximum Gasteiger partial charge on any atom is 0.459 e. The van der Waals surface area contributed by atoms with E-state index in [-0.39, 0.29) is 31.6 Å². The van der Waals surface area contributed by atoms with Crippen molar-refractivity contribution in [3.05, 3.63) is 28.1 Å². The molecule has 0 saturated carbocycles. The van der Waals surface area contributed by atoms with Crippen molar-refractivity contribution in [2.24, 2.45) is 0 Å². The Kier molecular flexibility index (Phi) is 5.40. The van der Waals surface area contributed by atoms with E-state index >= 15 is 0 Å². The molecule has 2 N–H and O–H groups in total. The standard InChI is InChI=1S/C11H10F5N3O4/c12-10(13,11(14,15)16)8-4-6(7(5-18-8)19(22)23)17-3-1-2-9(20)21/h4-5H,1-3H2,(H,17,18)(H,20,21). The molecule has 1 aromatic heterocycles. The highest BCUT2D eigenvalue weighted by Crippen LogP contribution is 2.44. The lowest BCUT2D eigenvalue weighted by Gasteiger charge is -2.19. The van der Waals surface area contributed by atoms with Crippen molar-refractivity contribution in [2.45, 2.75) is 24.9 Å². The first-order valence-corrected chi connectivity index (χ1v) is 6.02. The summed E-state index contributed by atoms with van der Waals surface area (Å²) in [6.45, 7) is -0.172. The van der Waals surface area contributed by atoms with Gasteiger partial charge in [0.25, 0.3) is 0 Å². The average molecular weight is 343 g/mol. The molecule has 0 aliphatic heterocycles. The molecule has 0 spiro atoms. The minimum absolute atomic E-state index is 0.0141. The molecule has 7 nitrogen and oxygen atoms in total. The van der Waals surface area contributed by atoms with E-state index in [2.05, 4.69) is 10.3 Å². The molecular formula is C11H10F5N3O4. The van der Waals surface area contributed by atoms with Crippen molar-refractivity contribution in [1.82, 2.24) is 4.98 Å². The minimum Gasteiger partial charge on any atom is -0.481 e. The Hall–Kier alpha value is -2.53. The van der Waals surface area contributed by atoms with Crippen LogP contribution in [0.4, 0.5) is 33.3 Å². The fourth-order valence-electron chi connectivity index (χ4n) is 1.51. The highest BCUT2D eigenvalue weighted by Gasteiger charge is 2.60. The molecule has 0 amide bonds. The van der Waals surface area contributed by atoms with Crippen molar-refractivity contribution < 1.29 is 36.8 Å². The van der Waals surface area contributed by atoms with Crippen LogP contribution in [0.2, 0.25) is 0 Å². The number of nitrogens with zero attached hydrogens (tertiary/aromatic N) is 2. The van der Waals surface area contributed by atoms with E-state index in [4.69, 9.17) is 5.11 Å². The number of carbonyl (C=O) groups is 1. The second-order valence-corrected chi connectivity index (χ2v) is 4.34. The number of aromatic nitrogens is 1. The normalized spacial score (nSPS) is 12.0. The SMILES string of the molecule is O=C(O)CCCNc1cc(C(F)(F)C(F)(F)F)ncc1[N+](=O)[O-]. The summed E-state index contributed by atoms with van der Waals surface area (Å²) in [5.74, 6) is -6.43. The highest BCUT2D eigenvalue weighted by molar-refractivity contribution is 5.67. The van der Waals surface area contributed by atoms with E-state index < -0.39 is 40.1 Å². The molecule has 0 unspecified atom stereocenters. The van der Waals surface area contributed by atoms with Crippen LogP contribution in [0.3, 0.4) is 0 Å². The molecule has 1 heterocycles. The van der Waals surface area contributed by atoms with E-state index in [9.17, 15) is 36.9 Å². The van der Waals surface area contributed by atoms with Crippen LogP contribution in [0.5, 0.6) is 0 Å². The number of hydrogen-bond donors (Lipinski definition) is 2. The summed E-state index contributed by atoms with van der Waals surface area (Å²) in [5.41, 5.74) is -3.10. The molecule has 0 bridgehead atoms. The number of alkyl halides is 5. The lowest BCUT2D eigenvalue weighted by atomic mass is 10.1. The van der Waals surface area contributed by atoms with Crippen LogP contribution in [0.15, 0.2) is 12.3 Å². The van der Waals surface area contributed by atoms with Crippen LogP contribution >= 0.6 is 0 Å². The number of pyridine rings is 1. The number of hydrogen-bond acceptors (Lipinski definition) is 5. The summed E-state index contributed by atoms with van der Waals surface area (Å²) < 4.78 is 63.3. The van der Waals surface area contributed by atoms with Crippen LogP contribution in [0, 0.1) is 10.1 Å². The first-order valence-electron chi connectivity index (χ1n) is 6.02. The number of carboxylic acid groups (broad SMARTS) is 1. The van der Waals surface area contributed by atoms with Gasteiger partial charge in [0.05, 0.1) is 4.92 Å². The third-order valence-electron chi connectivity index (χ3n) is 2.64. The molecule has 1 aromatic rings. The summed E-state index contributed by atoms with van der Waals surface area (Å²) in [4.78, 5) is 22.9. The number of rotatable bonds is 7. The van der Waals surface area contributed by atoms with Crippen LogP contribution in [-0.2, 0) is 10.7 Å². The molecule has 0 saturated heterocycles. The Morgan fingerprint density at radius 1 is 1.35 bits per heavy atom. The molecule has 23 heavy (non-hydrogen) atoms. The van der Waals surface area contributed by atoms with Gasteiger partial charge in [-0.25, -0.2) is 4.98 Å². The van der Waals surface area contributed by atoms with Gasteiger partial charge >= 0.3 is 23.8 Å². The molecule has 0 radical (unpaired) electrons. The zero-order valence-electron chi connectivity index (χ0n) is 11.2. The van der Waals surface area contributed by atoms with Crippen LogP contribution in [0.25, 0.3) is 0 Å². The van der Waals surface area contributed by atoms with Gasteiger partial charge in [-0.1, -0.05) is 0 Å². The summed E-state index contributed by atoms with van der Waals surface area (Å²) >= 11 is 0. The molecule has 1 rings (SSSR count). The van der Waals surface area contributed by atoms with Gasteiger partial charge in [0.2, 0.25) is 0 Å². The van der Waals surface area contributed by atoms with Gasteiger partial charge in [0.15, 0.2) is 0 Å². The first kappa shape index (κ1) is 18.5. The number of nitrogens with one attached hydrogen (secondary N) is 1. The Morgan fingerprint density at radius 3 is 2.43 bits per heavy atom. The fourth-order valence-corrected chi connectivity index (χ4v) is 1.51.